The van der Waals surface area contributed by atoms with Gasteiger partial charge >= 0.3 is 0 Å². The SMILES string of the molecule is CCCC(OC)C(Cc1cc(C)ccc1C)NCC. The van der Waals surface area contributed by atoms with Crippen LogP contribution in [0.2, 0.25) is 0 Å². The first-order valence-electron chi connectivity index (χ1n) is 7.44. The van der Waals surface area contributed by atoms with Crippen LogP contribution in [-0.2, 0) is 11.2 Å². The van der Waals surface area contributed by atoms with E-state index >= 15 is 0 Å². The van der Waals surface area contributed by atoms with E-state index in [1.54, 1.807) is 0 Å². The number of nitrogens with one attached hydrogen (secondary N) is 1. The third kappa shape index (κ3) is 4.96. The molecule has 2 atom stereocenters. The summed E-state index contributed by atoms with van der Waals surface area (Å²) in [6.07, 6.45) is 3.61. The maximum Gasteiger partial charge on any atom is 0.0727 e. The zero-order valence-corrected chi connectivity index (χ0v) is 13.1. The van der Waals surface area contributed by atoms with Crippen LogP contribution in [0, 0.1) is 13.8 Å². The fraction of sp³-hybridized carbons (Fsp3) is 0.647. The van der Waals surface area contributed by atoms with E-state index in [2.05, 4.69) is 51.2 Å². The molecule has 0 saturated carbocycles. The number of benzene rings is 1. The van der Waals surface area contributed by atoms with Crippen molar-refractivity contribution in [2.45, 2.75) is 59.1 Å². The Hall–Kier alpha value is -0.860. The Kier molecular flexibility index (Phi) is 7.11. The van der Waals surface area contributed by atoms with Gasteiger partial charge in [0.25, 0.3) is 0 Å². The number of rotatable bonds is 8. The van der Waals surface area contributed by atoms with Crippen molar-refractivity contribution in [2.75, 3.05) is 13.7 Å². The minimum Gasteiger partial charge on any atom is -0.380 e. The van der Waals surface area contributed by atoms with Gasteiger partial charge in [-0.2, -0.15) is 0 Å². The van der Waals surface area contributed by atoms with Gasteiger partial charge in [0.15, 0.2) is 0 Å². The van der Waals surface area contributed by atoms with Crippen LogP contribution < -0.4 is 5.32 Å². The lowest BCUT2D eigenvalue weighted by Crippen LogP contribution is -2.42. The molecule has 0 spiro atoms. The molecule has 2 unspecified atom stereocenters. The summed E-state index contributed by atoms with van der Waals surface area (Å²) in [5.74, 6) is 0. The second-order valence-corrected chi connectivity index (χ2v) is 5.36. The Morgan fingerprint density at radius 3 is 2.53 bits per heavy atom. The van der Waals surface area contributed by atoms with Crippen LogP contribution in [0.4, 0.5) is 0 Å². The molecule has 1 N–H and O–H groups in total. The first kappa shape index (κ1) is 16.2. The highest BCUT2D eigenvalue weighted by Gasteiger charge is 2.20. The normalized spacial score (nSPS) is 14.4. The third-order valence-corrected chi connectivity index (χ3v) is 3.74. The molecule has 0 fully saturated rings. The van der Waals surface area contributed by atoms with Crippen molar-refractivity contribution in [3.8, 4) is 0 Å². The standard InChI is InChI=1S/C17H29NO/c1-6-8-17(19-5)16(18-7-2)12-15-11-13(3)9-10-14(15)4/h9-11,16-18H,6-8,12H2,1-5H3. The van der Waals surface area contributed by atoms with Crippen LogP contribution in [0.5, 0.6) is 0 Å². The van der Waals surface area contributed by atoms with Crippen molar-refractivity contribution in [3.05, 3.63) is 34.9 Å². The molecule has 0 aliphatic rings. The predicted octanol–water partition coefficient (Wildman–Crippen LogP) is 3.64. The average molecular weight is 263 g/mol. The Labute approximate surface area is 118 Å². The Morgan fingerprint density at radius 1 is 1.21 bits per heavy atom. The minimum absolute atomic E-state index is 0.296. The molecule has 1 aromatic rings. The summed E-state index contributed by atoms with van der Waals surface area (Å²) in [5.41, 5.74) is 4.14. The molecule has 0 heterocycles. The molecule has 0 aliphatic heterocycles. The van der Waals surface area contributed by atoms with E-state index in [4.69, 9.17) is 4.74 Å². The molecular formula is C17H29NO. The first-order chi connectivity index (χ1) is 9.12. The molecule has 0 aromatic heterocycles. The van der Waals surface area contributed by atoms with Crippen molar-refractivity contribution >= 4 is 0 Å². The summed E-state index contributed by atoms with van der Waals surface area (Å²) in [5, 5.41) is 3.59. The Balaban J connectivity index is 2.84. The van der Waals surface area contributed by atoms with Gasteiger partial charge in [-0.3, -0.25) is 0 Å². The fourth-order valence-electron chi connectivity index (χ4n) is 2.62. The predicted molar refractivity (Wildman–Crippen MR) is 82.8 cm³/mol. The Morgan fingerprint density at radius 2 is 1.95 bits per heavy atom. The van der Waals surface area contributed by atoms with Gasteiger partial charge in [0.1, 0.15) is 0 Å². The summed E-state index contributed by atoms with van der Waals surface area (Å²) in [6, 6.07) is 7.10. The zero-order valence-electron chi connectivity index (χ0n) is 13.1. The van der Waals surface area contributed by atoms with E-state index in [0.29, 0.717) is 12.1 Å². The molecule has 0 aliphatic carbocycles. The van der Waals surface area contributed by atoms with Crippen molar-refractivity contribution in [3.63, 3.8) is 0 Å². The van der Waals surface area contributed by atoms with Crippen molar-refractivity contribution in [1.82, 2.24) is 5.32 Å². The first-order valence-corrected chi connectivity index (χ1v) is 7.44. The molecule has 2 heteroatoms. The molecule has 108 valence electrons. The van der Waals surface area contributed by atoms with Crippen LogP contribution >= 0.6 is 0 Å². The summed E-state index contributed by atoms with van der Waals surface area (Å²) >= 11 is 0. The maximum absolute atomic E-state index is 5.69. The monoisotopic (exact) mass is 263 g/mol. The molecule has 0 saturated heterocycles. The number of hydrogen-bond acceptors (Lipinski definition) is 2. The molecule has 2 nitrogen and oxygen atoms in total. The van der Waals surface area contributed by atoms with Crippen molar-refractivity contribution in [2.24, 2.45) is 0 Å². The second-order valence-electron chi connectivity index (χ2n) is 5.36. The highest BCUT2D eigenvalue weighted by Crippen LogP contribution is 2.17. The lowest BCUT2D eigenvalue weighted by Gasteiger charge is -2.27. The summed E-state index contributed by atoms with van der Waals surface area (Å²) in [4.78, 5) is 0. The number of methoxy groups -OCH3 is 1. The summed E-state index contributed by atoms with van der Waals surface area (Å²) in [7, 11) is 1.83. The molecule has 1 aromatic carbocycles. The van der Waals surface area contributed by atoms with Gasteiger partial charge in [-0.05, 0) is 44.4 Å². The van der Waals surface area contributed by atoms with Gasteiger partial charge in [-0.1, -0.05) is 44.0 Å². The molecular weight excluding hydrogens is 234 g/mol. The fourth-order valence-corrected chi connectivity index (χ4v) is 2.62. The minimum atomic E-state index is 0.296. The topological polar surface area (TPSA) is 21.3 Å². The number of likely N-dealkylation sites (N-methyl/N-ethyl adjacent to an activating group) is 1. The van der Waals surface area contributed by atoms with Gasteiger partial charge in [0.2, 0.25) is 0 Å². The van der Waals surface area contributed by atoms with Gasteiger partial charge in [-0.15, -0.1) is 0 Å². The number of hydrogen-bond donors (Lipinski definition) is 1. The van der Waals surface area contributed by atoms with E-state index in [0.717, 1.165) is 25.8 Å². The van der Waals surface area contributed by atoms with E-state index in [1.807, 2.05) is 7.11 Å². The lowest BCUT2D eigenvalue weighted by molar-refractivity contribution is 0.0613. The average Bonchev–Trinajstić information content (AvgIpc) is 2.39. The van der Waals surface area contributed by atoms with Gasteiger partial charge < -0.3 is 10.1 Å². The van der Waals surface area contributed by atoms with Crippen LogP contribution in [0.25, 0.3) is 0 Å². The molecule has 1 rings (SSSR count). The third-order valence-electron chi connectivity index (χ3n) is 3.74. The molecule has 0 amide bonds. The second kappa shape index (κ2) is 8.34. The Bertz CT molecular complexity index is 376. The van der Waals surface area contributed by atoms with E-state index in [9.17, 15) is 0 Å². The van der Waals surface area contributed by atoms with Crippen LogP contribution in [0.1, 0.15) is 43.4 Å². The molecule has 0 radical (unpaired) electrons. The van der Waals surface area contributed by atoms with Gasteiger partial charge in [0.05, 0.1) is 6.10 Å². The van der Waals surface area contributed by atoms with Crippen molar-refractivity contribution < 1.29 is 4.74 Å². The largest absolute Gasteiger partial charge is 0.380 e. The van der Waals surface area contributed by atoms with Crippen molar-refractivity contribution in [1.29, 1.82) is 0 Å². The van der Waals surface area contributed by atoms with Gasteiger partial charge in [0, 0.05) is 13.2 Å². The van der Waals surface area contributed by atoms with Crippen LogP contribution in [-0.4, -0.2) is 25.8 Å². The van der Waals surface area contributed by atoms with E-state index < -0.39 is 0 Å². The maximum atomic E-state index is 5.69. The highest BCUT2D eigenvalue weighted by atomic mass is 16.5. The van der Waals surface area contributed by atoms with E-state index in [1.165, 1.54) is 16.7 Å². The lowest BCUT2D eigenvalue weighted by atomic mass is 9.94. The zero-order chi connectivity index (χ0) is 14.3. The smallest absolute Gasteiger partial charge is 0.0727 e. The van der Waals surface area contributed by atoms with Gasteiger partial charge in [-0.25, -0.2) is 0 Å². The molecule has 19 heavy (non-hydrogen) atoms. The molecule has 0 bridgehead atoms. The van der Waals surface area contributed by atoms with Crippen LogP contribution in [0.15, 0.2) is 18.2 Å². The quantitative estimate of drug-likeness (QED) is 0.773. The number of aryl methyl sites for hydroxylation is 2. The number of ether oxygens (including phenoxy) is 1. The summed E-state index contributed by atoms with van der Waals surface area (Å²) in [6.45, 7) is 9.71. The van der Waals surface area contributed by atoms with Crippen LogP contribution in [0.3, 0.4) is 0 Å². The highest BCUT2D eigenvalue weighted by molar-refractivity contribution is 5.31. The summed E-state index contributed by atoms with van der Waals surface area (Å²) < 4.78 is 5.69. The van der Waals surface area contributed by atoms with E-state index in [-0.39, 0.29) is 0 Å².